The number of aromatic nitrogens is 1. The van der Waals surface area contributed by atoms with Crippen molar-refractivity contribution >= 4 is 54.6 Å². The fourth-order valence-electron chi connectivity index (χ4n) is 4.33. The second kappa shape index (κ2) is 7.81. The molecule has 3 heterocycles. The molecule has 0 spiro atoms. The normalized spacial score (nSPS) is 14.0. The van der Waals surface area contributed by atoms with Gasteiger partial charge in [-0.1, -0.05) is 42.5 Å². The Morgan fingerprint density at radius 1 is 1.00 bits per heavy atom. The number of likely N-dealkylation sites (N-methyl/N-ethyl adjacent to an activating group) is 1. The van der Waals surface area contributed by atoms with Crippen molar-refractivity contribution < 1.29 is 4.79 Å². The zero-order chi connectivity index (χ0) is 21.7. The zero-order valence-corrected chi connectivity index (χ0v) is 19.2. The zero-order valence-electron chi connectivity index (χ0n) is 17.6. The summed E-state index contributed by atoms with van der Waals surface area (Å²) >= 11 is 3.39. The maximum atomic E-state index is 13.3. The first kappa shape index (κ1) is 19.6. The fraction of sp³-hybridized carbons (Fsp3) is 0.154. The van der Waals surface area contributed by atoms with Gasteiger partial charge in [0.05, 0.1) is 10.2 Å². The molecule has 6 heteroatoms. The fourth-order valence-corrected chi connectivity index (χ4v) is 6.76. The molecule has 1 amide bonds. The quantitative estimate of drug-likeness (QED) is 0.341. The smallest absolute Gasteiger partial charge is 0.256 e. The molecule has 32 heavy (non-hydrogen) atoms. The molecule has 1 N–H and O–H groups in total. The van der Waals surface area contributed by atoms with Crippen molar-refractivity contribution in [3.63, 3.8) is 0 Å². The van der Waals surface area contributed by atoms with Gasteiger partial charge in [0.2, 0.25) is 0 Å². The van der Waals surface area contributed by atoms with Gasteiger partial charge in [0, 0.05) is 29.1 Å². The van der Waals surface area contributed by atoms with E-state index in [-0.39, 0.29) is 5.91 Å². The number of hydrogen-bond acceptors (Lipinski definition) is 5. The summed E-state index contributed by atoms with van der Waals surface area (Å²) < 4.78 is 1.17. The van der Waals surface area contributed by atoms with Crippen molar-refractivity contribution in [3.05, 3.63) is 82.7 Å². The molecule has 4 nitrogen and oxygen atoms in total. The molecule has 158 valence electrons. The van der Waals surface area contributed by atoms with Crippen molar-refractivity contribution in [3.8, 4) is 10.6 Å². The number of anilines is 1. The number of hydrogen-bond donors (Lipinski definition) is 1. The standard InChI is InChI=1S/C26H21N3OS2/c1-29-13-12-19-22(15-29)32-26(23(19)25-27-20-8-4-5-9-21(20)31-25)28-24(30)18-11-10-16-6-2-3-7-17(16)14-18/h2-11,14H,12-13,15H2,1H3,(H,28,30). The number of fused-ring (bicyclic) bond motifs is 3. The number of benzene rings is 3. The molecule has 5 aromatic rings. The third kappa shape index (κ3) is 3.41. The molecule has 0 aliphatic carbocycles. The van der Waals surface area contributed by atoms with Gasteiger partial charge in [0.1, 0.15) is 10.0 Å². The Bertz CT molecular complexity index is 1450. The highest BCUT2D eigenvalue weighted by Crippen LogP contribution is 2.45. The second-order valence-electron chi connectivity index (χ2n) is 8.20. The van der Waals surface area contributed by atoms with Crippen LogP contribution in [0.5, 0.6) is 0 Å². The van der Waals surface area contributed by atoms with Crippen LogP contribution in [0, 0.1) is 0 Å². The summed E-state index contributed by atoms with van der Waals surface area (Å²) in [5, 5.41) is 7.33. The lowest BCUT2D eigenvalue weighted by Gasteiger charge is -2.22. The van der Waals surface area contributed by atoms with E-state index in [9.17, 15) is 4.79 Å². The second-order valence-corrected chi connectivity index (χ2v) is 10.3. The van der Waals surface area contributed by atoms with E-state index in [1.165, 1.54) is 15.1 Å². The minimum absolute atomic E-state index is 0.0786. The van der Waals surface area contributed by atoms with Gasteiger partial charge in [-0.2, -0.15) is 0 Å². The predicted molar refractivity (Wildman–Crippen MR) is 135 cm³/mol. The van der Waals surface area contributed by atoms with Crippen molar-refractivity contribution in [2.45, 2.75) is 13.0 Å². The van der Waals surface area contributed by atoms with Crippen LogP contribution < -0.4 is 5.32 Å². The summed E-state index contributed by atoms with van der Waals surface area (Å²) in [5.41, 5.74) is 4.11. The number of nitrogens with zero attached hydrogens (tertiary/aromatic N) is 2. The van der Waals surface area contributed by atoms with E-state index < -0.39 is 0 Å². The molecular weight excluding hydrogens is 434 g/mol. The Balaban J connectivity index is 1.43. The van der Waals surface area contributed by atoms with Crippen LogP contribution >= 0.6 is 22.7 Å². The number of amides is 1. The maximum Gasteiger partial charge on any atom is 0.256 e. The van der Waals surface area contributed by atoms with Crippen LogP contribution in [0.4, 0.5) is 5.00 Å². The largest absolute Gasteiger partial charge is 0.313 e. The lowest BCUT2D eigenvalue weighted by Crippen LogP contribution is -2.25. The summed E-state index contributed by atoms with van der Waals surface area (Å²) in [7, 11) is 2.15. The molecule has 0 atom stereocenters. The van der Waals surface area contributed by atoms with Crippen LogP contribution in [0.3, 0.4) is 0 Å². The number of nitrogens with one attached hydrogen (secondary N) is 1. The van der Waals surface area contributed by atoms with Crippen LogP contribution in [0.25, 0.3) is 31.6 Å². The van der Waals surface area contributed by atoms with Crippen LogP contribution in [0.1, 0.15) is 20.8 Å². The summed E-state index contributed by atoms with van der Waals surface area (Å²) in [6.45, 7) is 1.92. The molecule has 6 rings (SSSR count). The van der Waals surface area contributed by atoms with Gasteiger partial charge in [0.25, 0.3) is 5.91 Å². The van der Waals surface area contributed by atoms with E-state index in [0.29, 0.717) is 5.56 Å². The van der Waals surface area contributed by atoms with Gasteiger partial charge in [-0.15, -0.1) is 22.7 Å². The van der Waals surface area contributed by atoms with Crippen LogP contribution in [0.15, 0.2) is 66.7 Å². The van der Waals surface area contributed by atoms with E-state index in [2.05, 4.69) is 35.5 Å². The molecule has 0 fully saturated rings. The molecule has 0 bridgehead atoms. The summed E-state index contributed by atoms with van der Waals surface area (Å²) in [4.78, 5) is 21.8. The molecule has 1 aliphatic heterocycles. The molecule has 0 saturated carbocycles. The van der Waals surface area contributed by atoms with Crippen molar-refractivity contribution in [2.75, 3.05) is 18.9 Å². The first-order valence-electron chi connectivity index (χ1n) is 10.6. The average molecular weight is 456 g/mol. The first-order valence-corrected chi connectivity index (χ1v) is 12.3. The van der Waals surface area contributed by atoms with Gasteiger partial charge < -0.3 is 10.2 Å². The predicted octanol–water partition coefficient (Wildman–Crippen LogP) is 6.42. The van der Waals surface area contributed by atoms with Crippen molar-refractivity contribution in [2.24, 2.45) is 0 Å². The number of thiazole rings is 1. The van der Waals surface area contributed by atoms with Gasteiger partial charge >= 0.3 is 0 Å². The lowest BCUT2D eigenvalue weighted by atomic mass is 10.0. The van der Waals surface area contributed by atoms with Crippen LogP contribution in [0.2, 0.25) is 0 Å². The van der Waals surface area contributed by atoms with Gasteiger partial charge in [-0.05, 0) is 54.1 Å². The third-order valence-electron chi connectivity index (χ3n) is 5.99. The number of para-hydroxylation sites is 1. The van der Waals surface area contributed by atoms with E-state index in [1.54, 1.807) is 22.7 Å². The highest BCUT2D eigenvalue weighted by molar-refractivity contribution is 7.23. The highest BCUT2D eigenvalue weighted by Gasteiger charge is 2.27. The Kier molecular flexibility index (Phi) is 4.79. The summed E-state index contributed by atoms with van der Waals surface area (Å²) in [6, 6.07) is 22.2. The number of carbonyl (C=O) groups excluding carboxylic acids is 1. The van der Waals surface area contributed by atoms with E-state index in [0.717, 1.165) is 51.4 Å². The van der Waals surface area contributed by atoms with Crippen LogP contribution in [-0.4, -0.2) is 29.4 Å². The monoisotopic (exact) mass is 455 g/mol. The Morgan fingerprint density at radius 2 is 1.81 bits per heavy atom. The molecule has 0 unspecified atom stereocenters. The molecule has 1 aliphatic rings. The minimum Gasteiger partial charge on any atom is -0.313 e. The van der Waals surface area contributed by atoms with Crippen molar-refractivity contribution in [1.29, 1.82) is 0 Å². The summed E-state index contributed by atoms with van der Waals surface area (Å²) in [5.74, 6) is -0.0786. The van der Waals surface area contributed by atoms with E-state index in [1.807, 2.05) is 48.5 Å². The molecule has 0 saturated heterocycles. The average Bonchev–Trinajstić information content (AvgIpc) is 3.38. The number of thiophene rings is 1. The summed E-state index contributed by atoms with van der Waals surface area (Å²) in [6.07, 6.45) is 0.972. The number of carbonyl (C=O) groups is 1. The van der Waals surface area contributed by atoms with Gasteiger partial charge in [-0.25, -0.2) is 4.98 Å². The topological polar surface area (TPSA) is 45.2 Å². The number of rotatable bonds is 3. The van der Waals surface area contributed by atoms with Crippen molar-refractivity contribution in [1.82, 2.24) is 9.88 Å². The van der Waals surface area contributed by atoms with Gasteiger partial charge in [0.15, 0.2) is 0 Å². The highest BCUT2D eigenvalue weighted by atomic mass is 32.1. The molecule has 2 aromatic heterocycles. The Morgan fingerprint density at radius 3 is 2.69 bits per heavy atom. The SMILES string of the molecule is CN1CCc2c(sc(NC(=O)c3ccc4ccccc4c3)c2-c2nc3ccccc3s2)C1. The first-order chi connectivity index (χ1) is 15.7. The van der Waals surface area contributed by atoms with Gasteiger partial charge in [-0.3, -0.25) is 4.79 Å². The molecule has 0 radical (unpaired) electrons. The Hall–Kier alpha value is -3.06. The van der Waals surface area contributed by atoms with Crippen LogP contribution in [-0.2, 0) is 13.0 Å². The lowest BCUT2D eigenvalue weighted by molar-refractivity contribution is 0.102. The van der Waals surface area contributed by atoms with E-state index >= 15 is 0 Å². The maximum absolute atomic E-state index is 13.3. The molecular formula is C26H21N3OS2. The van der Waals surface area contributed by atoms with E-state index in [4.69, 9.17) is 4.98 Å². The molecule has 3 aromatic carbocycles. The third-order valence-corrected chi connectivity index (χ3v) is 8.18. The Labute approximate surface area is 194 Å². The minimum atomic E-state index is -0.0786.